The van der Waals surface area contributed by atoms with Crippen LogP contribution in [0.5, 0.6) is 0 Å². The minimum atomic E-state index is -3.29. The van der Waals surface area contributed by atoms with E-state index in [2.05, 4.69) is 15.1 Å². The zero-order valence-corrected chi connectivity index (χ0v) is 14.5. The molecule has 128 valence electrons. The first kappa shape index (κ1) is 16.4. The molecule has 0 saturated carbocycles. The van der Waals surface area contributed by atoms with Crippen molar-refractivity contribution in [3.05, 3.63) is 12.3 Å². The fraction of sp³-hybridized carbons (Fsp3) is 0.714. The number of piperazine rings is 1. The monoisotopic (exact) mass is 340 g/mol. The Hall–Kier alpha value is -1.45. The van der Waals surface area contributed by atoms with Gasteiger partial charge in [-0.25, -0.2) is 0 Å². The molecule has 0 N–H and O–H groups in total. The number of rotatable bonds is 4. The molecule has 0 amide bonds. The van der Waals surface area contributed by atoms with E-state index in [9.17, 15) is 8.42 Å². The van der Waals surface area contributed by atoms with Crippen molar-refractivity contribution in [2.75, 3.05) is 63.2 Å². The highest BCUT2D eigenvalue weighted by Gasteiger charge is 2.34. The summed E-state index contributed by atoms with van der Waals surface area (Å²) >= 11 is 0. The van der Waals surface area contributed by atoms with E-state index in [1.807, 2.05) is 25.1 Å². The van der Waals surface area contributed by atoms with Crippen LogP contribution in [0.1, 0.15) is 12.8 Å². The lowest BCUT2D eigenvalue weighted by Gasteiger charge is -2.36. The first-order valence-electron chi connectivity index (χ1n) is 7.99. The van der Waals surface area contributed by atoms with E-state index in [0.717, 1.165) is 24.3 Å². The number of hydrogen-bond acceptors (Lipinski definition) is 6. The fourth-order valence-corrected chi connectivity index (χ4v) is 4.65. The maximum absolute atomic E-state index is 12.6. The molecule has 0 aromatic carbocycles. The van der Waals surface area contributed by atoms with E-state index in [1.165, 1.54) is 0 Å². The maximum Gasteiger partial charge on any atom is 0.282 e. The van der Waals surface area contributed by atoms with Crippen LogP contribution in [0.3, 0.4) is 0 Å². The Labute approximate surface area is 137 Å². The minimum absolute atomic E-state index is 0.493. The molecule has 23 heavy (non-hydrogen) atoms. The number of anilines is 2. The van der Waals surface area contributed by atoms with Crippen molar-refractivity contribution in [3.63, 3.8) is 0 Å². The van der Waals surface area contributed by atoms with Gasteiger partial charge in [-0.05, 0) is 12.8 Å². The molecule has 8 nitrogen and oxygen atoms in total. The lowest BCUT2D eigenvalue weighted by molar-refractivity contribution is 0.343. The highest BCUT2D eigenvalue weighted by atomic mass is 32.2. The van der Waals surface area contributed by atoms with E-state index < -0.39 is 10.2 Å². The summed E-state index contributed by atoms with van der Waals surface area (Å²) in [4.78, 5) is 4.07. The Bertz CT molecular complexity index is 636. The van der Waals surface area contributed by atoms with Gasteiger partial charge in [0, 0.05) is 59.4 Å². The van der Waals surface area contributed by atoms with Gasteiger partial charge in [0.15, 0.2) is 5.82 Å². The van der Waals surface area contributed by atoms with Crippen LogP contribution in [0, 0.1) is 0 Å². The van der Waals surface area contributed by atoms with E-state index in [4.69, 9.17) is 0 Å². The Morgan fingerprint density at radius 1 is 1.00 bits per heavy atom. The molecule has 0 radical (unpaired) electrons. The molecule has 3 heterocycles. The van der Waals surface area contributed by atoms with Crippen LogP contribution in [0.2, 0.25) is 0 Å². The van der Waals surface area contributed by atoms with Crippen LogP contribution >= 0.6 is 0 Å². The molecule has 1 aromatic heterocycles. The van der Waals surface area contributed by atoms with Crippen LogP contribution in [0.25, 0.3) is 0 Å². The molecule has 2 aliphatic rings. The van der Waals surface area contributed by atoms with Gasteiger partial charge in [-0.15, -0.1) is 5.10 Å². The van der Waals surface area contributed by atoms with E-state index >= 15 is 0 Å². The molecule has 1 aromatic rings. The van der Waals surface area contributed by atoms with Gasteiger partial charge in [0.05, 0.1) is 11.9 Å². The lowest BCUT2D eigenvalue weighted by atomic mass is 10.3. The predicted octanol–water partition coefficient (Wildman–Crippen LogP) is 0.00520. The van der Waals surface area contributed by atoms with Crippen molar-refractivity contribution >= 4 is 21.7 Å². The molecule has 0 atom stereocenters. The fourth-order valence-electron chi connectivity index (χ4n) is 2.97. The molecular weight excluding hydrogens is 316 g/mol. The second kappa shape index (κ2) is 6.58. The summed E-state index contributed by atoms with van der Waals surface area (Å²) in [5.41, 5.74) is 0.988. The minimum Gasteiger partial charge on any atom is -0.376 e. The summed E-state index contributed by atoms with van der Waals surface area (Å²) in [5.74, 6) is 0.800. The molecule has 3 rings (SSSR count). The zero-order valence-electron chi connectivity index (χ0n) is 13.7. The molecule has 0 bridgehead atoms. The van der Waals surface area contributed by atoms with Crippen LogP contribution in [0.4, 0.5) is 11.5 Å². The van der Waals surface area contributed by atoms with E-state index in [0.29, 0.717) is 39.3 Å². The van der Waals surface area contributed by atoms with Gasteiger partial charge < -0.3 is 9.80 Å². The highest BCUT2D eigenvalue weighted by molar-refractivity contribution is 7.86. The topological polar surface area (TPSA) is 72.9 Å². The quantitative estimate of drug-likeness (QED) is 0.769. The summed E-state index contributed by atoms with van der Waals surface area (Å²) in [6, 6.07) is 1.98. The van der Waals surface area contributed by atoms with Crippen LogP contribution < -0.4 is 9.80 Å². The summed E-state index contributed by atoms with van der Waals surface area (Å²) in [6.07, 6.45) is 3.65. The molecule has 0 unspecified atom stereocenters. The number of aromatic nitrogens is 2. The maximum atomic E-state index is 12.6. The van der Waals surface area contributed by atoms with Gasteiger partial charge in [-0.2, -0.15) is 22.1 Å². The Kier molecular flexibility index (Phi) is 4.69. The largest absolute Gasteiger partial charge is 0.376 e. The third-order valence-corrected chi connectivity index (χ3v) is 6.46. The molecule has 2 fully saturated rings. The molecular formula is C14H24N6O2S. The standard InChI is InChI=1S/C14H24N6O2S/c1-17(2)13-11-14(16-15-12-13)18-7-9-20(10-8-18)23(21,22)19-5-3-4-6-19/h11-12H,3-10H2,1-2H3. The third kappa shape index (κ3) is 3.41. The van der Waals surface area contributed by atoms with Gasteiger partial charge in [0.2, 0.25) is 0 Å². The predicted molar refractivity (Wildman–Crippen MR) is 89.9 cm³/mol. The second-order valence-corrected chi connectivity index (χ2v) is 8.09. The van der Waals surface area contributed by atoms with Crippen LogP contribution in [-0.4, -0.2) is 80.6 Å². The van der Waals surface area contributed by atoms with E-state index in [1.54, 1.807) is 14.8 Å². The third-order valence-electron chi connectivity index (χ3n) is 4.42. The van der Waals surface area contributed by atoms with Crippen molar-refractivity contribution in [3.8, 4) is 0 Å². The van der Waals surface area contributed by atoms with Crippen LogP contribution in [0.15, 0.2) is 12.3 Å². The van der Waals surface area contributed by atoms with Gasteiger partial charge in [0.1, 0.15) is 0 Å². The Morgan fingerprint density at radius 3 is 2.22 bits per heavy atom. The zero-order chi connectivity index (χ0) is 16.4. The average Bonchev–Trinajstić information content (AvgIpc) is 3.10. The first-order valence-corrected chi connectivity index (χ1v) is 9.38. The Morgan fingerprint density at radius 2 is 1.61 bits per heavy atom. The molecule has 9 heteroatoms. The van der Waals surface area contributed by atoms with Gasteiger partial charge in [-0.3, -0.25) is 0 Å². The van der Waals surface area contributed by atoms with Gasteiger partial charge in [0.25, 0.3) is 10.2 Å². The van der Waals surface area contributed by atoms with Crippen molar-refractivity contribution in [2.24, 2.45) is 0 Å². The van der Waals surface area contributed by atoms with Crippen molar-refractivity contribution < 1.29 is 8.42 Å². The summed E-state index contributed by atoms with van der Waals surface area (Å²) in [6.45, 7) is 3.56. The van der Waals surface area contributed by atoms with Crippen molar-refractivity contribution in [2.45, 2.75) is 12.8 Å². The smallest absolute Gasteiger partial charge is 0.282 e. The van der Waals surface area contributed by atoms with Crippen molar-refractivity contribution in [1.82, 2.24) is 18.8 Å². The number of hydrogen-bond donors (Lipinski definition) is 0. The normalized spacial score (nSPS) is 20.9. The van der Waals surface area contributed by atoms with Crippen molar-refractivity contribution in [1.29, 1.82) is 0 Å². The van der Waals surface area contributed by atoms with E-state index in [-0.39, 0.29) is 0 Å². The number of nitrogens with zero attached hydrogens (tertiary/aromatic N) is 6. The highest BCUT2D eigenvalue weighted by Crippen LogP contribution is 2.21. The lowest BCUT2D eigenvalue weighted by Crippen LogP contribution is -2.52. The summed E-state index contributed by atoms with van der Waals surface area (Å²) in [5, 5.41) is 8.22. The van der Waals surface area contributed by atoms with Crippen LogP contribution in [-0.2, 0) is 10.2 Å². The average molecular weight is 340 g/mol. The molecule has 2 saturated heterocycles. The second-order valence-electron chi connectivity index (χ2n) is 6.17. The molecule has 0 aliphatic carbocycles. The SMILES string of the molecule is CN(C)c1cnnc(N2CCN(S(=O)(=O)N3CCCC3)CC2)c1. The molecule has 2 aliphatic heterocycles. The molecule has 0 spiro atoms. The van der Waals surface area contributed by atoms with Gasteiger partial charge in [-0.1, -0.05) is 0 Å². The Balaban J connectivity index is 1.65. The summed E-state index contributed by atoms with van der Waals surface area (Å²) < 4.78 is 28.3. The summed E-state index contributed by atoms with van der Waals surface area (Å²) in [7, 11) is 0.626. The van der Waals surface area contributed by atoms with Gasteiger partial charge >= 0.3 is 0 Å². The first-order chi connectivity index (χ1) is 11.0.